The monoisotopic (exact) mass is 270 g/mol. The highest BCUT2D eigenvalue weighted by Gasteiger charge is 2.19. The Morgan fingerprint density at radius 2 is 1.80 bits per heavy atom. The summed E-state index contributed by atoms with van der Waals surface area (Å²) in [6.45, 7) is 1.13. The van der Waals surface area contributed by atoms with E-state index in [0.717, 1.165) is 25.1 Å². The molecule has 3 heteroatoms. The Labute approximate surface area is 119 Å². The van der Waals surface area contributed by atoms with Crippen molar-refractivity contribution in [2.75, 3.05) is 11.4 Å². The highest BCUT2D eigenvalue weighted by molar-refractivity contribution is 5.69. The van der Waals surface area contributed by atoms with E-state index in [4.69, 9.17) is 5.73 Å². The molecule has 0 aromatic heterocycles. The summed E-state index contributed by atoms with van der Waals surface area (Å²) in [5.74, 6) is -0.216. The number of fused-ring (bicyclic) bond motifs is 1. The lowest BCUT2D eigenvalue weighted by molar-refractivity contribution is 0.610. The number of nitrogens with two attached hydrogens (primary N) is 1. The number of rotatable bonds is 2. The van der Waals surface area contributed by atoms with Gasteiger partial charge in [0, 0.05) is 30.0 Å². The van der Waals surface area contributed by atoms with Crippen LogP contribution in [0.15, 0.2) is 42.5 Å². The minimum absolute atomic E-state index is 0.216. The van der Waals surface area contributed by atoms with Gasteiger partial charge in [-0.05, 0) is 43.0 Å². The van der Waals surface area contributed by atoms with Gasteiger partial charge < -0.3 is 10.6 Å². The lowest BCUT2D eigenvalue weighted by atomic mass is 10.1. The maximum absolute atomic E-state index is 14.0. The fourth-order valence-electron chi connectivity index (χ4n) is 2.94. The van der Waals surface area contributed by atoms with E-state index < -0.39 is 0 Å². The second kappa shape index (κ2) is 5.63. The van der Waals surface area contributed by atoms with Gasteiger partial charge in [0.15, 0.2) is 0 Å². The largest absolute Gasteiger partial charge is 0.341 e. The zero-order valence-electron chi connectivity index (χ0n) is 11.5. The minimum Gasteiger partial charge on any atom is -0.341 e. The van der Waals surface area contributed by atoms with Crippen LogP contribution in [0.1, 0.15) is 24.0 Å². The van der Waals surface area contributed by atoms with Crippen molar-refractivity contribution in [1.82, 2.24) is 0 Å². The van der Waals surface area contributed by atoms with E-state index in [-0.39, 0.29) is 12.4 Å². The first-order valence-electron chi connectivity index (χ1n) is 7.14. The Bertz CT molecular complexity index is 610. The normalized spacial score (nSPS) is 14.8. The van der Waals surface area contributed by atoms with Crippen LogP contribution >= 0.6 is 0 Å². The van der Waals surface area contributed by atoms with Gasteiger partial charge in [-0.25, -0.2) is 4.39 Å². The predicted octanol–water partition coefficient (Wildman–Crippen LogP) is 3.76. The van der Waals surface area contributed by atoms with Crippen LogP contribution in [0.3, 0.4) is 0 Å². The topological polar surface area (TPSA) is 29.3 Å². The second-order valence-corrected chi connectivity index (χ2v) is 5.18. The summed E-state index contributed by atoms with van der Waals surface area (Å²) < 4.78 is 14.0. The van der Waals surface area contributed by atoms with E-state index >= 15 is 0 Å². The Morgan fingerprint density at radius 1 is 1.00 bits per heavy atom. The molecule has 0 aliphatic carbocycles. The molecule has 1 heterocycles. The summed E-state index contributed by atoms with van der Waals surface area (Å²) in [5.41, 5.74) is 9.77. The van der Waals surface area contributed by atoms with Gasteiger partial charge in [-0.15, -0.1) is 0 Å². The Morgan fingerprint density at radius 3 is 2.65 bits per heavy atom. The summed E-state index contributed by atoms with van der Waals surface area (Å²) in [4.78, 5) is 2.22. The average Bonchev–Trinajstić information content (AvgIpc) is 2.69. The lowest BCUT2D eigenvalue weighted by Crippen LogP contribution is -2.21. The maximum atomic E-state index is 14.0. The van der Waals surface area contributed by atoms with E-state index in [1.54, 1.807) is 6.07 Å². The van der Waals surface area contributed by atoms with Crippen LogP contribution in [0.2, 0.25) is 0 Å². The quantitative estimate of drug-likeness (QED) is 0.900. The Kier molecular flexibility index (Phi) is 3.70. The predicted molar refractivity (Wildman–Crippen MR) is 80.7 cm³/mol. The molecule has 0 spiro atoms. The van der Waals surface area contributed by atoms with E-state index in [1.807, 2.05) is 12.1 Å². The van der Waals surface area contributed by atoms with Gasteiger partial charge in [-0.1, -0.05) is 24.3 Å². The zero-order valence-corrected chi connectivity index (χ0v) is 11.5. The first-order valence-corrected chi connectivity index (χ1v) is 7.14. The average molecular weight is 270 g/mol. The highest BCUT2D eigenvalue weighted by Crippen LogP contribution is 2.35. The van der Waals surface area contributed by atoms with Crippen LogP contribution in [0.5, 0.6) is 0 Å². The van der Waals surface area contributed by atoms with Gasteiger partial charge in [0.25, 0.3) is 0 Å². The number of aryl methyl sites for hydroxylation is 1. The van der Waals surface area contributed by atoms with Crippen molar-refractivity contribution in [2.24, 2.45) is 5.73 Å². The van der Waals surface area contributed by atoms with Crippen LogP contribution in [-0.2, 0) is 13.0 Å². The van der Waals surface area contributed by atoms with Gasteiger partial charge in [0.2, 0.25) is 0 Å². The molecule has 2 aromatic carbocycles. The third-order valence-corrected chi connectivity index (χ3v) is 3.95. The minimum atomic E-state index is -0.216. The standard InChI is InChI=1S/C17H19FN2/c18-15-8-5-10-17(14(15)12-19)20-11-4-3-7-13-6-1-2-9-16(13)20/h1-2,5-6,8-10H,3-4,7,11-12,19H2. The number of hydrogen-bond donors (Lipinski definition) is 1. The van der Waals surface area contributed by atoms with Gasteiger partial charge in [0.05, 0.1) is 0 Å². The maximum Gasteiger partial charge on any atom is 0.129 e. The van der Waals surface area contributed by atoms with E-state index in [0.29, 0.717) is 5.56 Å². The van der Waals surface area contributed by atoms with Crippen LogP contribution in [0, 0.1) is 5.82 Å². The molecule has 2 N–H and O–H groups in total. The molecule has 0 amide bonds. The Balaban J connectivity index is 2.12. The van der Waals surface area contributed by atoms with E-state index in [2.05, 4.69) is 23.1 Å². The summed E-state index contributed by atoms with van der Waals surface area (Å²) >= 11 is 0. The summed E-state index contributed by atoms with van der Waals surface area (Å²) in [6.07, 6.45) is 3.36. The molecule has 1 aliphatic heterocycles. The van der Waals surface area contributed by atoms with Gasteiger partial charge in [-0.2, -0.15) is 0 Å². The molecule has 0 unspecified atom stereocenters. The van der Waals surface area contributed by atoms with Crippen LogP contribution in [0.4, 0.5) is 15.8 Å². The molecule has 104 valence electrons. The first kappa shape index (κ1) is 13.1. The molecule has 3 rings (SSSR count). The van der Waals surface area contributed by atoms with Crippen LogP contribution < -0.4 is 10.6 Å². The van der Waals surface area contributed by atoms with Gasteiger partial charge in [-0.3, -0.25) is 0 Å². The molecular formula is C17H19FN2. The van der Waals surface area contributed by atoms with Crippen LogP contribution in [-0.4, -0.2) is 6.54 Å². The van der Waals surface area contributed by atoms with Crippen molar-refractivity contribution in [1.29, 1.82) is 0 Å². The number of benzene rings is 2. The summed E-state index contributed by atoms with van der Waals surface area (Å²) in [7, 11) is 0. The first-order chi connectivity index (χ1) is 9.81. The molecule has 20 heavy (non-hydrogen) atoms. The molecule has 0 saturated carbocycles. The molecule has 0 fully saturated rings. The number of nitrogens with zero attached hydrogens (tertiary/aromatic N) is 1. The van der Waals surface area contributed by atoms with Crippen molar-refractivity contribution in [3.05, 3.63) is 59.4 Å². The van der Waals surface area contributed by atoms with Crippen molar-refractivity contribution in [3.63, 3.8) is 0 Å². The number of anilines is 2. The van der Waals surface area contributed by atoms with E-state index in [9.17, 15) is 4.39 Å². The van der Waals surface area contributed by atoms with Crippen LogP contribution in [0.25, 0.3) is 0 Å². The number of hydrogen-bond acceptors (Lipinski definition) is 2. The fourth-order valence-corrected chi connectivity index (χ4v) is 2.94. The summed E-state index contributed by atoms with van der Waals surface area (Å²) in [6, 6.07) is 13.6. The van der Waals surface area contributed by atoms with Crippen molar-refractivity contribution in [3.8, 4) is 0 Å². The third-order valence-electron chi connectivity index (χ3n) is 3.95. The lowest BCUT2D eigenvalue weighted by Gasteiger charge is -2.27. The van der Waals surface area contributed by atoms with Crippen molar-refractivity contribution < 1.29 is 4.39 Å². The van der Waals surface area contributed by atoms with Crippen molar-refractivity contribution >= 4 is 11.4 Å². The zero-order chi connectivity index (χ0) is 13.9. The van der Waals surface area contributed by atoms with E-state index in [1.165, 1.54) is 23.7 Å². The molecule has 0 bridgehead atoms. The van der Waals surface area contributed by atoms with Gasteiger partial charge >= 0.3 is 0 Å². The molecule has 0 radical (unpaired) electrons. The Hall–Kier alpha value is -1.87. The fraction of sp³-hybridized carbons (Fsp3) is 0.294. The molecule has 1 aliphatic rings. The second-order valence-electron chi connectivity index (χ2n) is 5.18. The number of halogens is 1. The number of para-hydroxylation sites is 1. The molecule has 0 saturated heterocycles. The van der Waals surface area contributed by atoms with Gasteiger partial charge in [0.1, 0.15) is 5.82 Å². The molecule has 2 aromatic rings. The molecule has 2 nitrogen and oxygen atoms in total. The molecule has 0 atom stereocenters. The third kappa shape index (κ3) is 2.29. The smallest absolute Gasteiger partial charge is 0.129 e. The summed E-state index contributed by atoms with van der Waals surface area (Å²) in [5, 5.41) is 0. The SMILES string of the molecule is NCc1c(F)cccc1N1CCCCc2ccccc21. The molecular weight excluding hydrogens is 251 g/mol. The highest BCUT2D eigenvalue weighted by atomic mass is 19.1. The van der Waals surface area contributed by atoms with Crippen molar-refractivity contribution in [2.45, 2.75) is 25.8 Å².